The van der Waals surface area contributed by atoms with Crippen LogP contribution < -0.4 is 0 Å². The van der Waals surface area contributed by atoms with Crippen LogP contribution in [0.1, 0.15) is 65.6 Å². The van der Waals surface area contributed by atoms with Gasteiger partial charge in [-0.2, -0.15) is 17.9 Å². The Morgan fingerprint density at radius 1 is 0.944 bits per heavy atom. The van der Waals surface area contributed by atoms with Crippen molar-refractivity contribution in [2.45, 2.75) is 57.9 Å². The Bertz CT molecular complexity index is 1400. The Labute approximate surface area is 213 Å². The zero-order valence-electron chi connectivity index (χ0n) is 21.2. The molecule has 0 amide bonds. The van der Waals surface area contributed by atoms with Crippen molar-refractivity contribution in [1.29, 1.82) is 0 Å². The molecule has 0 bridgehead atoms. The van der Waals surface area contributed by atoms with E-state index >= 15 is 0 Å². The van der Waals surface area contributed by atoms with Gasteiger partial charge in [0.25, 0.3) is 10.0 Å². The monoisotopic (exact) mass is 504 g/mol. The second kappa shape index (κ2) is 10.7. The van der Waals surface area contributed by atoms with E-state index in [4.69, 9.17) is 9.84 Å². The lowest BCUT2D eigenvalue weighted by Gasteiger charge is -2.34. The molecule has 36 heavy (non-hydrogen) atoms. The summed E-state index contributed by atoms with van der Waals surface area (Å²) in [4.78, 5) is 12.9. The third kappa shape index (κ3) is 5.36. The summed E-state index contributed by atoms with van der Waals surface area (Å²) in [5.74, 6) is -0.446. The highest BCUT2D eigenvalue weighted by Crippen LogP contribution is 2.38. The fourth-order valence-electron chi connectivity index (χ4n) is 4.29. The van der Waals surface area contributed by atoms with Crippen LogP contribution in [0.4, 0.5) is 0 Å². The highest BCUT2D eigenvalue weighted by atomic mass is 32.2. The fraction of sp³-hybridized carbons (Fsp3) is 0.310. The van der Waals surface area contributed by atoms with Gasteiger partial charge in [-0.1, -0.05) is 72.5 Å². The molecule has 0 N–H and O–H groups in total. The molecule has 1 aliphatic heterocycles. The van der Waals surface area contributed by atoms with Crippen LogP contribution >= 0.6 is 0 Å². The predicted octanol–water partition coefficient (Wildman–Crippen LogP) is 5.84. The number of hydrazone groups is 1. The van der Waals surface area contributed by atoms with Gasteiger partial charge in [0.15, 0.2) is 0 Å². The van der Waals surface area contributed by atoms with Crippen LogP contribution in [-0.2, 0) is 19.6 Å². The van der Waals surface area contributed by atoms with Gasteiger partial charge >= 0.3 is 5.97 Å². The van der Waals surface area contributed by atoms with Crippen molar-refractivity contribution in [3.05, 3.63) is 100 Å². The van der Waals surface area contributed by atoms with E-state index in [1.165, 1.54) is 0 Å². The van der Waals surface area contributed by atoms with Crippen LogP contribution in [0, 0.1) is 20.8 Å². The highest BCUT2D eigenvalue weighted by molar-refractivity contribution is 7.89. The van der Waals surface area contributed by atoms with Gasteiger partial charge in [0.2, 0.25) is 0 Å². The molecule has 6 nitrogen and oxygen atoms in total. The molecule has 1 heterocycles. The van der Waals surface area contributed by atoms with E-state index < -0.39 is 22.0 Å². The van der Waals surface area contributed by atoms with Crippen molar-refractivity contribution in [2.24, 2.45) is 5.10 Å². The lowest BCUT2D eigenvalue weighted by atomic mass is 9.89. The first-order chi connectivity index (χ1) is 17.2. The van der Waals surface area contributed by atoms with Gasteiger partial charge < -0.3 is 4.74 Å². The molecule has 188 valence electrons. The lowest BCUT2D eigenvalue weighted by molar-refractivity contribution is -0.144. The Kier molecular flexibility index (Phi) is 7.59. The average molecular weight is 505 g/mol. The second-order valence-corrected chi connectivity index (χ2v) is 11.1. The number of benzene rings is 3. The maximum Gasteiger partial charge on any atom is 0.308 e. The number of esters is 1. The van der Waals surface area contributed by atoms with E-state index in [1.54, 1.807) is 24.3 Å². The molecule has 3 aromatic rings. The van der Waals surface area contributed by atoms with Crippen molar-refractivity contribution in [3.63, 3.8) is 0 Å². The number of ether oxygens (including phenoxy) is 1. The van der Waals surface area contributed by atoms with Crippen LogP contribution in [-0.4, -0.2) is 31.1 Å². The second-order valence-electron chi connectivity index (χ2n) is 9.29. The molecular weight excluding hydrogens is 472 g/mol. The summed E-state index contributed by atoms with van der Waals surface area (Å²) in [5.41, 5.74) is 5.94. The number of carbonyl (C=O) groups is 1. The minimum absolute atomic E-state index is 0.125. The maximum atomic E-state index is 13.9. The van der Waals surface area contributed by atoms with Gasteiger partial charge in [-0.15, -0.1) is 0 Å². The van der Waals surface area contributed by atoms with Gasteiger partial charge in [-0.05, 0) is 57.0 Å². The third-order valence-electron chi connectivity index (χ3n) is 6.27. The Hall–Kier alpha value is -3.45. The fourth-order valence-corrected chi connectivity index (χ4v) is 5.70. The largest absolute Gasteiger partial charge is 0.466 e. The van der Waals surface area contributed by atoms with Gasteiger partial charge in [-0.25, -0.2) is 0 Å². The zero-order valence-corrected chi connectivity index (χ0v) is 22.0. The zero-order chi connectivity index (χ0) is 25.9. The summed E-state index contributed by atoms with van der Waals surface area (Å²) in [6.45, 7) is 8.20. The average Bonchev–Trinajstić information content (AvgIpc) is 2.84. The summed E-state index contributed by atoms with van der Waals surface area (Å²) in [5, 5.41) is 4.73. The standard InChI is InChI=1S/C29H32N2O4S/c1-5-6-16-35-28(32)19-27-25-15-12-22(4)18-26(25)29(23-9-7-8-21(3)17-23)30-31(27)36(33,34)24-13-10-20(2)11-14-24/h7-15,17-18,27H,5-6,16,19H2,1-4H3. The minimum Gasteiger partial charge on any atom is -0.466 e. The van der Waals surface area contributed by atoms with E-state index in [9.17, 15) is 13.2 Å². The van der Waals surface area contributed by atoms with Crippen LogP contribution in [0.5, 0.6) is 0 Å². The molecule has 0 fully saturated rings. The van der Waals surface area contributed by atoms with E-state index in [-0.39, 0.29) is 11.3 Å². The van der Waals surface area contributed by atoms with Crippen LogP contribution in [0.25, 0.3) is 0 Å². The number of carbonyl (C=O) groups excluding carboxylic acids is 1. The Balaban J connectivity index is 1.88. The molecular formula is C29H32N2O4S. The van der Waals surface area contributed by atoms with Gasteiger partial charge in [0, 0.05) is 11.1 Å². The van der Waals surface area contributed by atoms with E-state index in [0.29, 0.717) is 12.3 Å². The van der Waals surface area contributed by atoms with Crippen LogP contribution in [0.15, 0.2) is 76.7 Å². The SMILES string of the molecule is CCCCOC(=O)CC1c2ccc(C)cc2C(c2cccc(C)c2)=NN1S(=O)(=O)c1ccc(C)cc1. The summed E-state index contributed by atoms with van der Waals surface area (Å²) >= 11 is 0. The molecule has 7 heteroatoms. The van der Waals surface area contributed by atoms with Crippen molar-refractivity contribution >= 4 is 21.7 Å². The van der Waals surface area contributed by atoms with E-state index in [2.05, 4.69) is 0 Å². The predicted molar refractivity (Wildman–Crippen MR) is 141 cm³/mol. The topological polar surface area (TPSA) is 76.0 Å². The van der Waals surface area contributed by atoms with Crippen molar-refractivity contribution < 1.29 is 17.9 Å². The molecule has 0 saturated carbocycles. The molecule has 0 saturated heterocycles. The van der Waals surface area contributed by atoms with Crippen molar-refractivity contribution in [3.8, 4) is 0 Å². The first-order valence-electron chi connectivity index (χ1n) is 12.2. The first-order valence-corrected chi connectivity index (χ1v) is 13.7. The van der Waals surface area contributed by atoms with Crippen LogP contribution in [0.3, 0.4) is 0 Å². The number of aryl methyl sites for hydroxylation is 3. The highest BCUT2D eigenvalue weighted by Gasteiger charge is 2.39. The normalized spacial score (nSPS) is 15.3. The van der Waals surface area contributed by atoms with E-state index in [0.717, 1.165) is 50.6 Å². The number of sulfonamides is 1. The molecule has 1 unspecified atom stereocenters. The van der Waals surface area contributed by atoms with Gasteiger partial charge in [-0.3, -0.25) is 4.79 Å². The Morgan fingerprint density at radius 3 is 2.33 bits per heavy atom. The maximum absolute atomic E-state index is 13.9. The number of hydrogen-bond acceptors (Lipinski definition) is 5. The number of rotatable bonds is 8. The molecule has 1 aliphatic rings. The van der Waals surface area contributed by atoms with Gasteiger partial charge in [0.1, 0.15) is 6.04 Å². The number of hydrogen-bond donors (Lipinski definition) is 0. The summed E-state index contributed by atoms with van der Waals surface area (Å²) in [7, 11) is -4.06. The Morgan fingerprint density at radius 2 is 1.64 bits per heavy atom. The lowest BCUT2D eigenvalue weighted by Crippen LogP contribution is -2.37. The third-order valence-corrected chi connectivity index (χ3v) is 7.96. The minimum atomic E-state index is -4.06. The molecule has 4 rings (SSSR count). The molecule has 0 aromatic heterocycles. The first kappa shape index (κ1) is 25.6. The van der Waals surface area contributed by atoms with E-state index in [1.807, 2.05) is 70.2 Å². The number of nitrogens with zero attached hydrogens (tertiary/aromatic N) is 2. The van der Waals surface area contributed by atoms with Crippen molar-refractivity contribution in [1.82, 2.24) is 4.41 Å². The molecule has 0 aliphatic carbocycles. The summed E-state index contributed by atoms with van der Waals surface area (Å²) < 4.78 is 34.4. The number of unbranched alkanes of at least 4 members (excludes halogenated alkanes) is 1. The summed E-state index contributed by atoms with van der Waals surface area (Å²) in [6, 6.07) is 19.5. The molecule has 1 atom stereocenters. The molecule has 0 radical (unpaired) electrons. The van der Waals surface area contributed by atoms with Crippen LogP contribution in [0.2, 0.25) is 0 Å². The number of fused-ring (bicyclic) bond motifs is 1. The smallest absolute Gasteiger partial charge is 0.308 e. The summed E-state index contributed by atoms with van der Waals surface area (Å²) in [6.07, 6.45) is 1.53. The molecule has 3 aromatic carbocycles. The van der Waals surface area contributed by atoms with Gasteiger partial charge in [0.05, 0.1) is 23.6 Å². The van der Waals surface area contributed by atoms with Crippen molar-refractivity contribution in [2.75, 3.05) is 6.61 Å². The molecule has 0 spiro atoms. The quantitative estimate of drug-likeness (QED) is 0.285.